The van der Waals surface area contributed by atoms with E-state index in [-0.39, 0.29) is 22.1 Å². The van der Waals surface area contributed by atoms with Crippen LogP contribution in [0.2, 0.25) is 5.02 Å². The van der Waals surface area contributed by atoms with Crippen LogP contribution in [-0.4, -0.2) is 48.9 Å². The molecule has 0 amide bonds. The van der Waals surface area contributed by atoms with E-state index in [0.717, 1.165) is 0 Å². The molecule has 2 rings (SSSR count). The maximum atomic E-state index is 13.9. The Morgan fingerprint density at radius 2 is 1.67 bits per heavy atom. The molecule has 0 aliphatic rings. The van der Waals surface area contributed by atoms with E-state index in [4.69, 9.17) is 11.6 Å². The van der Waals surface area contributed by atoms with Gasteiger partial charge in [0.25, 0.3) is 0 Å². The first kappa shape index (κ1) is 21.1. The number of carbonyl (C=O) groups is 1. The van der Waals surface area contributed by atoms with Crippen LogP contribution in [0.5, 0.6) is 5.75 Å². The van der Waals surface area contributed by atoms with Crippen LogP contribution in [0.25, 0.3) is 6.08 Å². The van der Waals surface area contributed by atoms with Gasteiger partial charge in [-0.2, -0.15) is 0 Å². The van der Waals surface area contributed by atoms with Crippen LogP contribution < -0.4 is 0 Å². The van der Waals surface area contributed by atoms with Crippen LogP contribution >= 0.6 is 11.6 Å². The molecule has 0 saturated carbocycles. The molecule has 6 heteroatoms. The monoisotopic (exact) mass is 390 g/mol. The van der Waals surface area contributed by atoms with Crippen molar-refractivity contribution in [2.75, 3.05) is 28.2 Å². The molecule has 4 nitrogen and oxygen atoms in total. The van der Waals surface area contributed by atoms with Crippen LogP contribution in [0.4, 0.5) is 4.39 Å². The first-order chi connectivity index (χ1) is 12.7. The van der Waals surface area contributed by atoms with Gasteiger partial charge in [0.2, 0.25) is 0 Å². The SMILES string of the molecule is CN(C)Cc1cc(C(=O)C=Cc2c(F)cccc2Cl)cc(CN(C)C)c1O. The predicted molar refractivity (Wildman–Crippen MR) is 108 cm³/mol. The second-order valence-electron chi connectivity index (χ2n) is 6.95. The number of hydrogen-bond acceptors (Lipinski definition) is 4. The highest BCUT2D eigenvalue weighted by atomic mass is 35.5. The van der Waals surface area contributed by atoms with Crippen molar-refractivity contribution >= 4 is 23.5 Å². The fourth-order valence-electron chi connectivity index (χ4n) is 2.75. The van der Waals surface area contributed by atoms with Crippen molar-refractivity contribution in [2.24, 2.45) is 0 Å². The third-order valence-corrected chi connectivity index (χ3v) is 4.26. The molecule has 0 aliphatic heterocycles. The van der Waals surface area contributed by atoms with Crippen molar-refractivity contribution in [1.29, 1.82) is 0 Å². The van der Waals surface area contributed by atoms with Crippen molar-refractivity contribution in [3.8, 4) is 5.75 Å². The van der Waals surface area contributed by atoms with Crippen molar-refractivity contribution in [3.05, 3.63) is 69.5 Å². The summed E-state index contributed by atoms with van der Waals surface area (Å²) in [6, 6.07) is 7.72. The molecule has 0 unspecified atom stereocenters. The maximum absolute atomic E-state index is 13.9. The van der Waals surface area contributed by atoms with Gasteiger partial charge in [0.05, 0.1) is 5.02 Å². The Bertz CT molecular complexity index is 812. The highest BCUT2D eigenvalue weighted by Gasteiger charge is 2.15. The molecule has 0 fully saturated rings. The lowest BCUT2D eigenvalue weighted by Crippen LogP contribution is -2.15. The number of carbonyl (C=O) groups excluding carboxylic acids is 1. The average Bonchev–Trinajstić information content (AvgIpc) is 2.56. The third kappa shape index (κ3) is 5.63. The Morgan fingerprint density at radius 1 is 1.11 bits per heavy atom. The number of phenols is 1. The molecule has 0 bridgehead atoms. The average molecular weight is 391 g/mol. The van der Waals surface area contributed by atoms with Gasteiger partial charge in [-0.05, 0) is 64.6 Å². The standard InChI is InChI=1S/C21H24ClFN2O2/c1-24(2)12-15-10-14(11-16(21(15)27)13-25(3)4)20(26)9-8-17-18(22)6-5-7-19(17)23/h5-11,27H,12-13H2,1-4H3. The van der Waals surface area contributed by atoms with Gasteiger partial charge >= 0.3 is 0 Å². The van der Waals surface area contributed by atoms with E-state index < -0.39 is 5.82 Å². The molecule has 0 aromatic heterocycles. The molecule has 2 aromatic rings. The third-order valence-electron chi connectivity index (χ3n) is 3.93. The van der Waals surface area contributed by atoms with Gasteiger partial charge in [-0.25, -0.2) is 4.39 Å². The highest BCUT2D eigenvalue weighted by molar-refractivity contribution is 6.32. The number of rotatable bonds is 7. The van der Waals surface area contributed by atoms with Crippen LogP contribution in [0.3, 0.4) is 0 Å². The minimum atomic E-state index is -0.487. The zero-order valence-electron chi connectivity index (χ0n) is 16.0. The first-order valence-corrected chi connectivity index (χ1v) is 8.87. The fourth-order valence-corrected chi connectivity index (χ4v) is 2.98. The smallest absolute Gasteiger partial charge is 0.185 e. The minimum absolute atomic E-state index is 0.174. The van der Waals surface area contributed by atoms with Gasteiger partial charge in [0.15, 0.2) is 5.78 Å². The normalized spacial score (nSPS) is 11.7. The van der Waals surface area contributed by atoms with Gasteiger partial charge in [-0.15, -0.1) is 0 Å². The molecule has 144 valence electrons. The van der Waals surface area contributed by atoms with E-state index in [1.807, 2.05) is 38.0 Å². The molecule has 27 heavy (non-hydrogen) atoms. The molecule has 0 atom stereocenters. The van der Waals surface area contributed by atoms with Crippen LogP contribution in [0, 0.1) is 5.82 Å². The summed E-state index contributed by atoms with van der Waals surface area (Å²) < 4.78 is 13.9. The fraction of sp³-hybridized carbons (Fsp3) is 0.286. The quantitative estimate of drug-likeness (QED) is 0.568. The second kappa shape index (κ2) is 9.13. The van der Waals surface area contributed by atoms with Crippen molar-refractivity contribution in [3.63, 3.8) is 0 Å². The topological polar surface area (TPSA) is 43.8 Å². The lowest BCUT2D eigenvalue weighted by Gasteiger charge is -2.17. The van der Waals surface area contributed by atoms with E-state index in [2.05, 4.69) is 0 Å². The molecule has 0 spiro atoms. The van der Waals surface area contributed by atoms with E-state index in [1.54, 1.807) is 18.2 Å². The van der Waals surface area contributed by atoms with Gasteiger partial charge in [-0.1, -0.05) is 17.7 Å². The number of aromatic hydroxyl groups is 1. The summed E-state index contributed by atoms with van der Waals surface area (Å²) >= 11 is 6.00. The Morgan fingerprint density at radius 3 is 2.15 bits per heavy atom. The van der Waals surface area contributed by atoms with E-state index >= 15 is 0 Å². The summed E-state index contributed by atoms with van der Waals surface area (Å²) in [7, 11) is 7.55. The number of allylic oxidation sites excluding steroid dienone is 1. The molecule has 0 aliphatic carbocycles. The summed E-state index contributed by atoms with van der Waals surface area (Å²) in [6.45, 7) is 0.993. The van der Waals surface area contributed by atoms with Crippen LogP contribution in [0.15, 0.2) is 36.4 Å². The van der Waals surface area contributed by atoms with E-state index in [9.17, 15) is 14.3 Å². The molecule has 0 saturated heterocycles. The summed E-state index contributed by atoms with van der Waals surface area (Å²) in [6.07, 6.45) is 2.68. The number of benzene rings is 2. The number of ketones is 1. The Kier molecular flexibility index (Phi) is 7.13. The summed E-state index contributed by atoms with van der Waals surface area (Å²) in [5.41, 5.74) is 1.94. The van der Waals surface area contributed by atoms with E-state index in [1.165, 1.54) is 24.3 Å². The van der Waals surface area contributed by atoms with E-state index in [0.29, 0.717) is 29.8 Å². The molecule has 0 heterocycles. The largest absolute Gasteiger partial charge is 0.507 e. The molecule has 2 aromatic carbocycles. The molecule has 1 N–H and O–H groups in total. The lowest BCUT2D eigenvalue weighted by molar-refractivity contribution is 0.104. The van der Waals surface area contributed by atoms with Crippen LogP contribution in [0.1, 0.15) is 27.0 Å². The van der Waals surface area contributed by atoms with Gasteiger partial charge in [0.1, 0.15) is 11.6 Å². The number of nitrogens with zero attached hydrogens (tertiary/aromatic N) is 2. The number of hydrogen-bond donors (Lipinski definition) is 1. The first-order valence-electron chi connectivity index (χ1n) is 8.49. The molecular weight excluding hydrogens is 367 g/mol. The summed E-state index contributed by atoms with van der Waals surface area (Å²) in [5, 5.41) is 10.8. The summed E-state index contributed by atoms with van der Waals surface area (Å²) in [5.74, 6) is -0.580. The molecule has 0 radical (unpaired) electrons. The highest BCUT2D eigenvalue weighted by Crippen LogP contribution is 2.27. The van der Waals surface area contributed by atoms with Gasteiger partial charge in [-0.3, -0.25) is 4.79 Å². The molecular formula is C21H24ClFN2O2. The number of phenolic OH excluding ortho intramolecular Hbond substituents is 1. The van der Waals surface area contributed by atoms with Gasteiger partial charge < -0.3 is 14.9 Å². The van der Waals surface area contributed by atoms with Crippen molar-refractivity contribution < 1.29 is 14.3 Å². The van der Waals surface area contributed by atoms with Gasteiger partial charge in [0, 0.05) is 35.3 Å². The zero-order chi connectivity index (χ0) is 20.1. The van der Waals surface area contributed by atoms with Crippen molar-refractivity contribution in [1.82, 2.24) is 9.80 Å². The van der Waals surface area contributed by atoms with Crippen LogP contribution in [-0.2, 0) is 13.1 Å². The Balaban J connectivity index is 2.40. The Hall–Kier alpha value is -2.21. The maximum Gasteiger partial charge on any atom is 0.185 e. The number of halogens is 2. The minimum Gasteiger partial charge on any atom is -0.507 e. The van der Waals surface area contributed by atoms with Crippen molar-refractivity contribution in [2.45, 2.75) is 13.1 Å². The predicted octanol–water partition coefficient (Wildman–Crippen LogP) is 4.20. The Labute approximate surface area is 164 Å². The summed E-state index contributed by atoms with van der Waals surface area (Å²) in [4.78, 5) is 16.5. The zero-order valence-corrected chi connectivity index (χ0v) is 16.7. The lowest BCUT2D eigenvalue weighted by atomic mass is 10.00. The second-order valence-corrected chi connectivity index (χ2v) is 7.36.